The van der Waals surface area contributed by atoms with Gasteiger partial charge in [0.1, 0.15) is 17.5 Å². The number of fused-ring (bicyclic) bond motifs is 1. The third kappa shape index (κ3) is 6.00. The predicted octanol–water partition coefficient (Wildman–Crippen LogP) is -2.28. The Hall–Kier alpha value is -4.10. The number of aromatic amines is 1. The number of carboxylic acid groups (broad SMARTS) is 2. The van der Waals surface area contributed by atoms with Crippen molar-refractivity contribution in [1.29, 1.82) is 0 Å². The van der Waals surface area contributed by atoms with Gasteiger partial charge in [0.15, 0.2) is 10.8 Å². The summed E-state index contributed by atoms with van der Waals surface area (Å²) in [5.74, 6) is -4.63. The predicted molar refractivity (Wildman–Crippen MR) is 144 cm³/mol. The van der Waals surface area contributed by atoms with E-state index in [1.54, 1.807) is 0 Å². The summed E-state index contributed by atoms with van der Waals surface area (Å²) in [6, 6.07) is -0.150. The fourth-order valence-corrected chi connectivity index (χ4v) is 6.77. The lowest BCUT2D eigenvalue weighted by atomic mass is 10.0. The lowest BCUT2D eigenvalue weighted by molar-refractivity contribution is -0.718. The number of oxime groups is 1. The smallest absolute Gasteiger partial charge is 0.350 e. The summed E-state index contributed by atoms with van der Waals surface area (Å²) in [6.07, 6.45) is 1.24. The van der Waals surface area contributed by atoms with Crippen molar-refractivity contribution in [3.05, 3.63) is 38.8 Å². The number of thiazole rings is 1. The van der Waals surface area contributed by atoms with Crippen LogP contribution in [-0.2, 0) is 31.1 Å². The summed E-state index contributed by atoms with van der Waals surface area (Å²) in [4.78, 5) is 74.1. The number of nitrogens with two attached hydrogens (primary N) is 1. The number of aromatic hydroxyl groups is 1. The lowest BCUT2D eigenvalue weighted by Crippen LogP contribution is -2.71. The molecule has 0 bridgehead atoms. The molecular formula is C22H23N7O9S3. The van der Waals surface area contributed by atoms with Crippen LogP contribution in [0.4, 0.5) is 5.13 Å². The molecule has 4 rings (SSSR count). The minimum Gasteiger partial charge on any atom is -0.543 e. The molecule has 0 spiro atoms. The van der Waals surface area contributed by atoms with Crippen molar-refractivity contribution < 1.29 is 43.9 Å². The third-order valence-corrected chi connectivity index (χ3v) is 9.22. The number of nitrogens with zero attached hydrogens (tertiary/aromatic N) is 4. The van der Waals surface area contributed by atoms with Crippen LogP contribution < -0.4 is 26.3 Å². The van der Waals surface area contributed by atoms with Gasteiger partial charge in [-0.15, -0.1) is 11.8 Å². The van der Waals surface area contributed by atoms with Gasteiger partial charge in [-0.05, 0) is 31.2 Å². The average molecular weight is 626 g/mol. The topological polar surface area (TPSA) is 244 Å². The van der Waals surface area contributed by atoms with E-state index in [9.17, 15) is 39.3 Å². The molecular weight excluding hydrogens is 602 g/mol. The molecule has 2 aliphatic rings. The van der Waals surface area contributed by atoms with Crippen molar-refractivity contribution in [3.63, 3.8) is 0 Å². The van der Waals surface area contributed by atoms with Gasteiger partial charge in [0.2, 0.25) is 5.60 Å². The molecule has 0 radical (unpaired) electrons. The summed E-state index contributed by atoms with van der Waals surface area (Å²) in [7, 11) is 1.51. The minimum absolute atomic E-state index is 0.0530. The summed E-state index contributed by atoms with van der Waals surface area (Å²) in [5, 5.41) is 37.0. The van der Waals surface area contributed by atoms with Gasteiger partial charge in [0.25, 0.3) is 17.7 Å². The summed E-state index contributed by atoms with van der Waals surface area (Å²) in [5.41, 5.74) is 2.94. The molecule has 2 unspecified atom stereocenters. The Morgan fingerprint density at radius 2 is 2.12 bits per heavy atom. The first-order valence-corrected chi connectivity index (χ1v) is 14.4. The second kappa shape index (κ2) is 11.4. The Bertz CT molecular complexity index is 1570. The molecule has 0 saturated carbocycles. The number of hydrogen-bond donors (Lipinski definition) is 5. The molecule has 19 heteroatoms. The van der Waals surface area contributed by atoms with E-state index in [-0.39, 0.29) is 44.0 Å². The van der Waals surface area contributed by atoms with Crippen LogP contribution in [0.2, 0.25) is 0 Å². The van der Waals surface area contributed by atoms with Crippen molar-refractivity contribution in [1.82, 2.24) is 20.2 Å². The van der Waals surface area contributed by atoms with Gasteiger partial charge in [-0.1, -0.05) is 16.5 Å². The molecule has 2 atom stereocenters. The number of nitrogens with one attached hydrogen (secondary N) is 2. The first-order chi connectivity index (χ1) is 19.2. The SMILES string of the molecule is C[n+]1c(O)cc(=O)[nH]c1SCC1=C(C(=O)[O-])N2C(=O)C(NC(=O)/C(=N\OC(C)(C)C(=O)O)c3cnc(N)s3)C2SC1. The molecule has 1 saturated heterocycles. The zero-order chi connectivity index (χ0) is 30.2. The van der Waals surface area contributed by atoms with Crippen molar-refractivity contribution in [2.45, 2.75) is 36.0 Å². The molecule has 0 aromatic carbocycles. The van der Waals surface area contributed by atoms with E-state index in [2.05, 4.69) is 20.4 Å². The van der Waals surface area contributed by atoms with Crippen LogP contribution >= 0.6 is 34.9 Å². The normalized spacial score (nSPS) is 19.0. The first kappa shape index (κ1) is 29.9. The Morgan fingerprint density at radius 1 is 1.41 bits per heavy atom. The highest BCUT2D eigenvalue weighted by atomic mass is 32.2. The zero-order valence-corrected chi connectivity index (χ0v) is 24.0. The van der Waals surface area contributed by atoms with Crippen LogP contribution in [-0.4, -0.2) is 83.1 Å². The van der Waals surface area contributed by atoms with E-state index in [1.807, 2.05) is 0 Å². The standard InChI is InChI=1S/C22H23N7O9S3/c1-22(2,19(36)37)38-27-12(9-5-24-20(23)41-9)15(32)26-13-16(33)29-14(18(34)35)8(6-39-17(13)29)7-40-21-25-10(30)4-11(31)28(21)3/h4-5,13,17H,6-7H2,1-3H3,(H6,23,24,26,27,30,31,32,34,35,36,37). The van der Waals surface area contributed by atoms with Crippen LogP contribution in [0.1, 0.15) is 18.7 Å². The molecule has 16 nitrogen and oxygen atoms in total. The third-order valence-electron chi connectivity index (χ3n) is 5.90. The van der Waals surface area contributed by atoms with Gasteiger partial charge in [-0.3, -0.25) is 14.5 Å². The molecule has 2 amide bonds. The van der Waals surface area contributed by atoms with Gasteiger partial charge >= 0.3 is 16.7 Å². The number of aromatic nitrogens is 3. The van der Waals surface area contributed by atoms with E-state index in [4.69, 9.17) is 10.6 Å². The Balaban J connectivity index is 1.54. The van der Waals surface area contributed by atoms with Crippen molar-refractivity contribution in [2.24, 2.45) is 12.2 Å². The van der Waals surface area contributed by atoms with E-state index >= 15 is 0 Å². The van der Waals surface area contributed by atoms with E-state index < -0.39 is 46.3 Å². The zero-order valence-electron chi connectivity index (χ0n) is 21.6. The number of aliphatic carboxylic acids is 2. The number of nitrogen functional groups attached to an aromatic ring is 1. The van der Waals surface area contributed by atoms with Gasteiger partial charge in [0.05, 0.1) is 23.6 Å². The molecule has 4 heterocycles. The van der Waals surface area contributed by atoms with Crippen LogP contribution in [0.15, 0.2) is 38.6 Å². The largest absolute Gasteiger partial charge is 0.543 e. The van der Waals surface area contributed by atoms with Crippen LogP contribution in [0.5, 0.6) is 5.88 Å². The molecule has 218 valence electrons. The highest BCUT2D eigenvalue weighted by molar-refractivity contribution is 8.01. The maximum Gasteiger partial charge on any atom is 0.350 e. The maximum atomic E-state index is 13.2. The number of hydrogen-bond acceptors (Lipinski definition) is 14. The van der Waals surface area contributed by atoms with Gasteiger partial charge in [0, 0.05) is 17.7 Å². The second-order valence-corrected chi connectivity index (χ2v) is 12.3. The number of carbonyl (C=O) groups excluding carboxylic acids is 3. The monoisotopic (exact) mass is 625 g/mol. The molecule has 6 N–H and O–H groups in total. The van der Waals surface area contributed by atoms with E-state index in [0.29, 0.717) is 5.57 Å². The highest BCUT2D eigenvalue weighted by Gasteiger charge is 2.53. The van der Waals surface area contributed by atoms with E-state index in [1.165, 1.54) is 43.4 Å². The molecule has 2 aromatic rings. The number of rotatable bonds is 10. The number of carbonyl (C=O) groups is 4. The molecule has 0 aliphatic carbocycles. The number of H-pyrrole nitrogens is 1. The van der Waals surface area contributed by atoms with Crippen LogP contribution in [0.3, 0.4) is 0 Å². The van der Waals surface area contributed by atoms with Crippen molar-refractivity contribution in [3.8, 4) is 5.88 Å². The number of thioether (sulfide) groups is 2. The molecule has 2 aromatic heterocycles. The van der Waals surface area contributed by atoms with Gasteiger partial charge in [-0.2, -0.15) is 4.57 Å². The van der Waals surface area contributed by atoms with Crippen LogP contribution in [0, 0.1) is 0 Å². The minimum atomic E-state index is -1.78. The lowest BCUT2D eigenvalue weighted by Gasteiger charge is -2.50. The Labute approximate surface area is 243 Å². The summed E-state index contributed by atoms with van der Waals surface area (Å²) in [6.45, 7) is 2.45. The van der Waals surface area contributed by atoms with Gasteiger partial charge in [-0.25, -0.2) is 19.6 Å². The highest BCUT2D eigenvalue weighted by Crippen LogP contribution is 2.41. The number of anilines is 1. The average Bonchev–Trinajstić information content (AvgIpc) is 3.33. The fourth-order valence-electron chi connectivity index (χ4n) is 3.62. The second-order valence-electron chi connectivity index (χ2n) is 9.15. The molecule has 1 fully saturated rings. The summed E-state index contributed by atoms with van der Waals surface area (Å²) < 4.78 is 1.31. The first-order valence-electron chi connectivity index (χ1n) is 11.6. The fraction of sp³-hybridized carbons (Fsp3) is 0.364. The maximum absolute atomic E-state index is 13.2. The molecule has 41 heavy (non-hydrogen) atoms. The number of β-lactam (4-membered cyclic amide) rings is 1. The number of carboxylic acids is 2. The Kier molecular flexibility index (Phi) is 8.31. The van der Waals surface area contributed by atoms with Crippen LogP contribution in [0.25, 0.3) is 0 Å². The quantitative estimate of drug-likeness (QED) is 0.0467. The van der Waals surface area contributed by atoms with E-state index in [0.717, 1.165) is 34.1 Å². The Morgan fingerprint density at radius 3 is 2.73 bits per heavy atom. The van der Waals surface area contributed by atoms with Crippen molar-refractivity contribution in [2.75, 3.05) is 17.2 Å². The van der Waals surface area contributed by atoms with Gasteiger partial charge < -0.3 is 36.0 Å². The molecule has 2 aliphatic heterocycles. The summed E-state index contributed by atoms with van der Waals surface area (Å²) >= 11 is 3.13. The number of amides is 2. The van der Waals surface area contributed by atoms with Crippen molar-refractivity contribution >= 4 is 69.5 Å².